The predicted molar refractivity (Wildman–Crippen MR) is 84.2 cm³/mol. The third-order valence-corrected chi connectivity index (χ3v) is 5.18. The molecule has 0 aliphatic heterocycles. The standard InChI is InChI=1S/C13H16N4O2S2/c1-16(21(18,19)12-6-7-15-17(12)2)9-10-4-3-5-11(8-10)13(14)20/h3-8H,9H2,1-2H3,(H2,14,20). The van der Waals surface area contributed by atoms with Gasteiger partial charge in [-0.2, -0.15) is 9.40 Å². The van der Waals surface area contributed by atoms with Crippen LogP contribution in [0, 0.1) is 0 Å². The summed E-state index contributed by atoms with van der Waals surface area (Å²) in [6, 6.07) is 8.68. The van der Waals surface area contributed by atoms with Crippen LogP contribution >= 0.6 is 12.2 Å². The fourth-order valence-corrected chi connectivity index (χ4v) is 3.32. The minimum absolute atomic E-state index is 0.149. The number of nitrogens with two attached hydrogens (primary N) is 1. The summed E-state index contributed by atoms with van der Waals surface area (Å²) < 4.78 is 27.5. The van der Waals surface area contributed by atoms with E-state index >= 15 is 0 Å². The number of hydrogen-bond acceptors (Lipinski definition) is 4. The Morgan fingerprint density at radius 2 is 2.14 bits per heavy atom. The lowest BCUT2D eigenvalue weighted by Crippen LogP contribution is -2.28. The molecule has 0 saturated carbocycles. The molecule has 2 N–H and O–H groups in total. The number of thiocarbonyl (C=S) groups is 1. The molecule has 0 atom stereocenters. The van der Waals surface area contributed by atoms with Crippen LogP contribution in [0.2, 0.25) is 0 Å². The zero-order chi connectivity index (χ0) is 15.6. The first-order valence-electron chi connectivity index (χ1n) is 6.15. The Morgan fingerprint density at radius 3 is 2.71 bits per heavy atom. The minimum atomic E-state index is -3.59. The van der Waals surface area contributed by atoms with Gasteiger partial charge in [-0.05, 0) is 17.7 Å². The van der Waals surface area contributed by atoms with Gasteiger partial charge in [-0.15, -0.1) is 0 Å². The molecule has 0 fully saturated rings. The molecule has 2 rings (SSSR count). The van der Waals surface area contributed by atoms with Crippen molar-refractivity contribution in [3.05, 3.63) is 47.7 Å². The van der Waals surface area contributed by atoms with E-state index in [4.69, 9.17) is 18.0 Å². The molecule has 1 heterocycles. The fourth-order valence-electron chi connectivity index (χ4n) is 1.94. The molecule has 0 saturated heterocycles. The van der Waals surface area contributed by atoms with E-state index in [1.54, 1.807) is 25.2 Å². The molecule has 0 bridgehead atoms. The van der Waals surface area contributed by atoms with Crippen molar-refractivity contribution in [1.82, 2.24) is 14.1 Å². The van der Waals surface area contributed by atoms with Gasteiger partial charge in [-0.1, -0.05) is 30.4 Å². The average molecular weight is 324 g/mol. The second-order valence-corrected chi connectivity index (χ2v) is 7.05. The van der Waals surface area contributed by atoms with Crippen molar-refractivity contribution < 1.29 is 8.42 Å². The molecule has 1 aromatic carbocycles. The van der Waals surface area contributed by atoms with Crippen molar-refractivity contribution in [1.29, 1.82) is 0 Å². The first-order valence-corrected chi connectivity index (χ1v) is 8.00. The van der Waals surface area contributed by atoms with E-state index in [0.29, 0.717) is 5.56 Å². The molecule has 0 amide bonds. The molecule has 0 aliphatic rings. The summed E-state index contributed by atoms with van der Waals surface area (Å²) >= 11 is 4.93. The largest absolute Gasteiger partial charge is 0.389 e. The van der Waals surface area contributed by atoms with Crippen LogP contribution in [0.1, 0.15) is 11.1 Å². The maximum Gasteiger partial charge on any atom is 0.260 e. The van der Waals surface area contributed by atoms with Gasteiger partial charge in [0.2, 0.25) is 0 Å². The monoisotopic (exact) mass is 324 g/mol. The SMILES string of the molecule is CN(Cc1cccc(C(N)=S)c1)S(=O)(=O)c1ccnn1C. The van der Waals surface area contributed by atoms with Crippen LogP contribution in [-0.4, -0.2) is 34.5 Å². The number of rotatable bonds is 5. The lowest BCUT2D eigenvalue weighted by molar-refractivity contribution is 0.457. The van der Waals surface area contributed by atoms with Crippen molar-refractivity contribution in [2.75, 3.05) is 7.05 Å². The normalized spacial score (nSPS) is 11.8. The summed E-state index contributed by atoms with van der Waals surface area (Å²) in [4.78, 5) is 0.286. The molecular formula is C13H16N4O2S2. The molecule has 0 aliphatic carbocycles. The van der Waals surface area contributed by atoms with Crippen LogP contribution in [0.25, 0.3) is 0 Å². The number of aromatic nitrogens is 2. The van der Waals surface area contributed by atoms with Gasteiger partial charge in [-0.25, -0.2) is 8.42 Å². The molecule has 6 nitrogen and oxygen atoms in total. The van der Waals surface area contributed by atoms with Crippen LogP contribution in [0.4, 0.5) is 0 Å². The number of sulfonamides is 1. The van der Waals surface area contributed by atoms with Crippen LogP contribution in [0.5, 0.6) is 0 Å². The summed E-state index contributed by atoms with van der Waals surface area (Å²) in [5.41, 5.74) is 7.11. The van der Waals surface area contributed by atoms with Crippen molar-refractivity contribution in [3.8, 4) is 0 Å². The highest BCUT2D eigenvalue weighted by Gasteiger charge is 2.24. The summed E-state index contributed by atoms with van der Waals surface area (Å²) in [5.74, 6) is 0. The van der Waals surface area contributed by atoms with Gasteiger partial charge in [0.1, 0.15) is 4.99 Å². The zero-order valence-corrected chi connectivity index (χ0v) is 13.4. The minimum Gasteiger partial charge on any atom is -0.389 e. The lowest BCUT2D eigenvalue weighted by Gasteiger charge is -2.17. The summed E-state index contributed by atoms with van der Waals surface area (Å²) in [7, 11) is -0.473. The third kappa shape index (κ3) is 3.29. The van der Waals surface area contributed by atoms with E-state index in [0.717, 1.165) is 5.56 Å². The first kappa shape index (κ1) is 15.6. The highest BCUT2D eigenvalue weighted by molar-refractivity contribution is 7.89. The van der Waals surface area contributed by atoms with E-state index in [2.05, 4.69) is 5.10 Å². The Balaban J connectivity index is 2.26. The molecule has 21 heavy (non-hydrogen) atoms. The Hall–Kier alpha value is -1.77. The Kier molecular flexibility index (Phi) is 4.40. The van der Waals surface area contributed by atoms with Gasteiger partial charge in [0.05, 0.1) is 6.20 Å². The zero-order valence-electron chi connectivity index (χ0n) is 11.7. The van der Waals surface area contributed by atoms with E-state index in [1.807, 2.05) is 6.07 Å². The summed E-state index contributed by atoms with van der Waals surface area (Å²) in [6.07, 6.45) is 1.45. The second-order valence-electron chi connectivity index (χ2n) is 4.62. The Labute approximate surface area is 129 Å². The number of benzene rings is 1. The summed E-state index contributed by atoms with van der Waals surface area (Å²) in [5, 5.41) is 4.04. The van der Waals surface area contributed by atoms with Crippen molar-refractivity contribution in [2.24, 2.45) is 12.8 Å². The van der Waals surface area contributed by atoms with Crippen LogP contribution in [0.3, 0.4) is 0 Å². The second kappa shape index (κ2) is 5.92. The predicted octanol–water partition coefficient (Wildman–Crippen LogP) is 0.875. The number of aryl methyl sites for hydroxylation is 1. The number of hydrogen-bond donors (Lipinski definition) is 1. The molecule has 1 aromatic heterocycles. The van der Waals surface area contributed by atoms with Gasteiger partial charge >= 0.3 is 0 Å². The molecule has 8 heteroatoms. The quantitative estimate of drug-likeness (QED) is 0.826. The van der Waals surface area contributed by atoms with Crippen molar-refractivity contribution in [3.63, 3.8) is 0 Å². The van der Waals surface area contributed by atoms with E-state index < -0.39 is 10.0 Å². The topological polar surface area (TPSA) is 81.2 Å². The smallest absolute Gasteiger partial charge is 0.260 e. The first-order chi connectivity index (χ1) is 9.82. The van der Waals surface area contributed by atoms with E-state index in [-0.39, 0.29) is 16.6 Å². The van der Waals surface area contributed by atoms with E-state index in [1.165, 1.54) is 28.3 Å². The van der Waals surface area contributed by atoms with Gasteiger partial charge in [0, 0.05) is 26.2 Å². The highest BCUT2D eigenvalue weighted by Crippen LogP contribution is 2.16. The molecule has 2 aromatic rings. The molecule has 112 valence electrons. The fraction of sp³-hybridized carbons (Fsp3) is 0.231. The summed E-state index contributed by atoms with van der Waals surface area (Å²) in [6.45, 7) is 0.226. The lowest BCUT2D eigenvalue weighted by atomic mass is 10.1. The van der Waals surface area contributed by atoms with Crippen LogP contribution < -0.4 is 5.73 Å². The van der Waals surface area contributed by atoms with Gasteiger partial charge < -0.3 is 5.73 Å². The van der Waals surface area contributed by atoms with Gasteiger partial charge in [0.25, 0.3) is 10.0 Å². The third-order valence-electron chi connectivity index (χ3n) is 3.07. The Morgan fingerprint density at radius 1 is 1.43 bits per heavy atom. The van der Waals surface area contributed by atoms with Crippen LogP contribution in [-0.2, 0) is 23.6 Å². The van der Waals surface area contributed by atoms with Crippen molar-refractivity contribution >= 4 is 27.2 Å². The molecule has 0 radical (unpaired) electrons. The van der Waals surface area contributed by atoms with Crippen LogP contribution in [0.15, 0.2) is 41.6 Å². The maximum atomic E-state index is 12.5. The maximum absolute atomic E-state index is 12.5. The van der Waals surface area contributed by atoms with Gasteiger partial charge in [0.15, 0.2) is 5.03 Å². The van der Waals surface area contributed by atoms with Gasteiger partial charge in [-0.3, -0.25) is 4.68 Å². The average Bonchev–Trinajstić information content (AvgIpc) is 2.86. The highest BCUT2D eigenvalue weighted by atomic mass is 32.2. The molecular weight excluding hydrogens is 308 g/mol. The van der Waals surface area contributed by atoms with Crippen molar-refractivity contribution in [2.45, 2.75) is 11.6 Å². The van der Waals surface area contributed by atoms with E-state index in [9.17, 15) is 8.42 Å². The Bertz CT molecular complexity index is 768. The molecule has 0 spiro atoms. The molecule has 0 unspecified atom stereocenters. The number of nitrogens with zero attached hydrogens (tertiary/aromatic N) is 3.